The van der Waals surface area contributed by atoms with E-state index in [1.54, 1.807) is 18.2 Å². The molecule has 3 aliphatic rings. The Labute approximate surface area is 157 Å². The van der Waals surface area contributed by atoms with E-state index in [0.717, 1.165) is 18.7 Å². The van der Waals surface area contributed by atoms with E-state index in [2.05, 4.69) is 10.2 Å². The number of rotatable bonds is 4. The fourth-order valence-electron chi connectivity index (χ4n) is 3.58. The summed E-state index contributed by atoms with van der Waals surface area (Å²) in [5.74, 6) is 3.00. The molecule has 1 aliphatic carbocycles. The van der Waals surface area contributed by atoms with Crippen LogP contribution < -0.4 is 9.47 Å². The van der Waals surface area contributed by atoms with E-state index in [0.29, 0.717) is 62.5 Å². The number of fused-ring (bicyclic) bond motifs is 1. The predicted molar refractivity (Wildman–Crippen MR) is 94.4 cm³/mol. The van der Waals surface area contributed by atoms with E-state index >= 15 is 0 Å². The molecule has 0 N–H and O–H groups in total. The molecule has 1 aromatic carbocycles. The molecular weight excluding hydrogens is 370 g/mol. The molecule has 8 nitrogen and oxygen atoms in total. The minimum absolute atomic E-state index is 0.122. The monoisotopic (exact) mass is 391 g/mol. The summed E-state index contributed by atoms with van der Waals surface area (Å²) in [5.41, 5.74) is 0. The molecule has 3 heterocycles. The number of aromatic nitrogens is 2. The van der Waals surface area contributed by atoms with Crippen molar-refractivity contribution in [3.05, 3.63) is 30.0 Å². The number of hydrogen-bond donors (Lipinski definition) is 0. The third kappa shape index (κ3) is 3.19. The van der Waals surface area contributed by atoms with Crippen LogP contribution in [-0.4, -0.2) is 49.2 Å². The standard InChI is InChI=1S/C18H21N3O5S/c22-27(23,14-3-4-15-16(11-14)25-10-9-24-15)21-7-5-13(6-8-21)18-20-19-17(26-18)12-1-2-12/h3-4,11-13H,1-2,5-10H2. The minimum Gasteiger partial charge on any atom is -0.486 e. The highest BCUT2D eigenvalue weighted by Crippen LogP contribution is 2.40. The Morgan fingerprint density at radius 1 is 0.889 bits per heavy atom. The Hall–Kier alpha value is -2.13. The van der Waals surface area contributed by atoms with Gasteiger partial charge in [-0.2, -0.15) is 4.31 Å². The number of nitrogens with zero attached hydrogens (tertiary/aromatic N) is 3. The van der Waals surface area contributed by atoms with Crippen molar-refractivity contribution >= 4 is 10.0 Å². The normalized spacial score (nSPS) is 21.3. The molecule has 27 heavy (non-hydrogen) atoms. The van der Waals surface area contributed by atoms with Gasteiger partial charge < -0.3 is 13.9 Å². The summed E-state index contributed by atoms with van der Waals surface area (Å²) in [7, 11) is -3.57. The predicted octanol–water partition coefficient (Wildman–Crippen LogP) is 2.29. The highest BCUT2D eigenvalue weighted by molar-refractivity contribution is 7.89. The molecule has 0 bridgehead atoms. The van der Waals surface area contributed by atoms with Crippen molar-refractivity contribution in [3.8, 4) is 11.5 Å². The maximum atomic E-state index is 13.0. The zero-order valence-electron chi connectivity index (χ0n) is 14.8. The molecule has 2 aromatic rings. The second kappa shape index (κ2) is 6.49. The number of sulfonamides is 1. The molecule has 0 amide bonds. The largest absolute Gasteiger partial charge is 0.486 e. The van der Waals surface area contributed by atoms with Crippen LogP contribution in [0.1, 0.15) is 49.3 Å². The summed E-state index contributed by atoms with van der Waals surface area (Å²) >= 11 is 0. The van der Waals surface area contributed by atoms with Crippen molar-refractivity contribution in [1.29, 1.82) is 0 Å². The van der Waals surface area contributed by atoms with E-state index in [9.17, 15) is 8.42 Å². The number of hydrogen-bond acceptors (Lipinski definition) is 7. The summed E-state index contributed by atoms with van der Waals surface area (Å²) in [5, 5.41) is 8.32. The van der Waals surface area contributed by atoms with Crippen LogP contribution in [0.5, 0.6) is 11.5 Å². The van der Waals surface area contributed by atoms with Crippen LogP contribution in [0.3, 0.4) is 0 Å². The molecule has 5 rings (SSSR count). The summed E-state index contributed by atoms with van der Waals surface area (Å²) in [4.78, 5) is 0.235. The highest BCUT2D eigenvalue weighted by Gasteiger charge is 2.34. The highest BCUT2D eigenvalue weighted by atomic mass is 32.2. The number of ether oxygens (including phenoxy) is 2. The average Bonchev–Trinajstić information content (AvgIpc) is 3.44. The molecule has 1 saturated heterocycles. The fourth-order valence-corrected chi connectivity index (χ4v) is 5.07. The molecule has 0 atom stereocenters. The van der Waals surface area contributed by atoms with E-state index in [1.807, 2.05) is 0 Å². The summed E-state index contributed by atoms with van der Waals surface area (Å²) in [6, 6.07) is 4.79. The van der Waals surface area contributed by atoms with Gasteiger partial charge in [0.25, 0.3) is 0 Å². The Balaban J connectivity index is 1.29. The lowest BCUT2D eigenvalue weighted by Crippen LogP contribution is -2.38. The van der Waals surface area contributed by atoms with Gasteiger partial charge in [0, 0.05) is 31.0 Å². The summed E-state index contributed by atoms with van der Waals surface area (Å²) < 4.78 is 44.3. The second-order valence-corrected chi connectivity index (χ2v) is 9.17. The molecular formula is C18H21N3O5S. The molecule has 0 radical (unpaired) electrons. The lowest BCUT2D eigenvalue weighted by molar-refractivity contribution is 0.171. The first-order valence-electron chi connectivity index (χ1n) is 9.34. The fraction of sp³-hybridized carbons (Fsp3) is 0.556. The van der Waals surface area contributed by atoms with Gasteiger partial charge in [0.2, 0.25) is 21.8 Å². The van der Waals surface area contributed by atoms with E-state index in [1.165, 1.54) is 4.31 Å². The van der Waals surface area contributed by atoms with Crippen LogP contribution in [0.25, 0.3) is 0 Å². The first-order valence-corrected chi connectivity index (χ1v) is 10.8. The minimum atomic E-state index is -3.57. The second-order valence-electron chi connectivity index (χ2n) is 7.24. The smallest absolute Gasteiger partial charge is 0.243 e. The molecule has 2 fully saturated rings. The quantitative estimate of drug-likeness (QED) is 0.789. The first kappa shape index (κ1) is 17.0. The maximum absolute atomic E-state index is 13.0. The number of piperidine rings is 1. The lowest BCUT2D eigenvalue weighted by atomic mass is 9.98. The van der Waals surface area contributed by atoms with Crippen LogP contribution in [-0.2, 0) is 10.0 Å². The van der Waals surface area contributed by atoms with E-state index < -0.39 is 10.0 Å². The molecule has 9 heteroatoms. The zero-order valence-corrected chi connectivity index (χ0v) is 15.7. The molecule has 1 saturated carbocycles. The number of benzene rings is 1. The van der Waals surface area contributed by atoms with Crippen molar-refractivity contribution in [2.75, 3.05) is 26.3 Å². The Morgan fingerprint density at radius 2 is 1.52 bits per heavy atom. The van der Waals surface area contributed by atoms with Crippen LogP contribution in [0.2, 0.25) is 0 Å². The van der Waals surface area contributed by atoms with Crippen molar-refractivity contribution < 1.29 is 22.3 Å². The van der Waals surface area contributed by atoms with Crippen molar-refractivity contribution in [2.24, 2.45) is 0 Å². The van der Waals surface area contributed by atoms with Crippen LogP contribution in [0.15, 0.2) is 27.5 Å². The maximum Gasteiger partial charge on any atom is 0.243 e. The van der Waals surface area contributed by atoms with Gasteiger partial charge in [-0.05, 0) is 37.8 Å². The molecule has 0 spiro atoms. The Kier molecular flexibility index (Phi) is 4.08. The Morgan fingerprint density at radius 3 is 2.19 bits per heavy atom. The first-order chi connectivity index (χ1) is 13.1. The van der Waals surface area contributed by atoms with Gasteiger partial charge in [0.15, 0.2) is 11.5 Å². The van der Waals surface area contributed by atoms with Crippen LogP contribution >= 0.6 is 0 Å². The van der Waals surface area contributed by atoms with Gasteiger partial charge in [-0.3, -0.25) is 0 Å². The zero-order chi connectivity index (χ0) is 18.4. The van der Waals surface area contributed by atoms with Gasteiger partial charge in [0.05, 0.1) is 4.90 Å². The van der Waals surface area contributed by atoms with Crippen molar-refractivity contribution in [2.45, 2.75) is 42.4 Å². The lowest BCUT2D eigenvalue weighted by Gasteiger charge is -2.30. The van der Waals surface area contributed by atoms with Crippen molar-refractivity contribution in [1.82, 2.24) is 14.5 Å². The van der Waals surface area contributed by atoms with Gasteiger partial charge in [-0.1, -0.05) is 0 Å². The Bertz CT molecular complexity index is 946. The third-order valence-corrected chi connectivity index (χ3v) is 7.23. The summed E-state index contributed by atoms with van der Waals surface area (Å²) in [6.45, 7) is 1.77. The van der Waals surface area contributed by atoms with Gasteiger partial charge in [-0.25, -0.2) is 8.42 Å². The molecule has 144 valence electrons. The van der Waals surface area contributed by atoms with Crippen LogP contribution in [0.4, 0.5) is 0 Å². The van der Waals surface area contributed by atoms with Crippen molar-refractivity contribution in [3.63, 3.8) is 0 Å². The van der Waals surface area contributed by atoms with E-state index in [-0.39, 0.29) is 10.8 Å². The van der Waals surface area contributed by atoms with E-state index in [4.69, 9.17) is 13.9 Å². The molecule has 2 aliphatic heterocycles. The van der Waals surface area contributed by atoms with Gasteiger partial charge >= 0.3 is 0 Å². The SMILES string of the molecule is O=S(=O)(c1ccc2c(c1)OCCO2)N1CCC(c2nnc(C3CC3)o2)CC1. The van der Waals surface area contributed by atoms with Gasteiger partial charge in [-0.15, -0.1) is 10.2 Å². The topological polar surface area (TPSA) is 94.8 Å². The van der Waals surface area contributed by atoms with Crippen LogP contribution in [0, 0.1) is 0 Å². The molecule has 1 aromatic heterocycles. The summed E-state index contributed by atoms with van der Waals surface area (Å²) in [6.07, 6.45) is 3.59. The third-order valence-electron chi connectivity index (χ3n) is 5.34. The van der Waals surface area contributed by atoms with Gasteiger partial charge in [0.1, 0.15) is 13.2 Å². The average molecular weight is 391 g/mol. The molecule has 0 unspecified atom stereocenters.